The zero-order valence-electron chi connectivity index (χ0n) is 17.3. The van der Waals surface area contributed by atoms with Gasteiger partial charge < -0.3 is 19.3 Å². The lowest BCUT2D eigenvalue weighted by atomic mass is 9.89. The molecule has 1 aromatic carbocycles. The third-order valence-electron chi connectivity index (χ3n) is 6.03. The first-order valence-electron chi connectivity index (χ1n) is 10.4. The van der Waals surface area contributed by atoms with Gasteiger partial charge in [0.15, 0.2) is 0 Å². The van der Waals surface area contributed by atoms with Crippen molar-refractivity contribution in [1.82, 2.24) is 9.80 Å². The van der Waals surface area contributed by atoms with E-state index in [0.29, 0.717) is 26.1 Å². The first-order chi connectivity index (χ1) is 14.0. The van der Waals surface area contributed by atoms with Crippen molar-refractivity contribution in [3.05, 3.63) is 35.6 Å². The second-order valence-corrected chi connectivity index (χ2v) is 8.01. The van der Waals surface area contributed by atoms with Crippen molar-refractivity contribution in [2.75, 3.05) is 47.1 Å². The molecule has 0 N–H and O–H groups in total. The monoisotopic (exact) mass is 406 g/mol. The van der Waals surface area contributed by atoms with Crippen molar-refractivity contribution in [1.29, 1.82) is 0 Å². The summed E-state index contributed by atoms with van der Waals surface area (Å²) >= 11 is 0. The summed E-state index contributed by atoms with van der Waals surface area (Å²) in [5.41, 5.74) is 0.788. The van der Waals surface area contributed by atoms with Crippen LogP contribution in [0.5, 0.6) is 0 Å². The first-order valence-corrected chi connectivity index (χ1v) is 10.4. The van der Waals surface area contributed by atoms with Gasteiger partial charge in [0.2, 0.25) is 11.8 Å². The van der Waals surface area contributed by atoms with Crippen LogP contribution in [0.25, 0.3) is 0 Å². The molecule has 0 aliphatic carbocycles. The number of ether oxygens (including phenoxy) is 2. The molecule has 7 heteroatoms. The van der Waals surface area contributed by atoms with Crippen molar-refractivity contribution in [3.8, 4) is 0 Å². The maximum absolute atomic E-state index is 13.9. The SMILES string of the molecule is COCCCCCC(=O)N1C[C@@H]2CN(C(=O)COC)[C@@H](c3cccc(F)c3)[C@@H]2C1. The summed E-state index contributed by atoms with van der Waals surface area (Å²) < 4.78 is 24.0. The number of methoxy groups -OCH3 is 2. The fraction of sp³-hybridized carbons (Fsp3) is 0.636. The standard InChI is InChI=1S/C22H31FN2O4/c1-28-10-5-3-4-9-20(26)24-12-17-13-25(21(27)15-29-2)22(19(17)14-24)16-7-6-8-18(23)11-16/h6-8,11,17,19,22H,3-5,9-10,12-15H2,1-2H3/t17-,19-,22+/m1/s1. The average molecular weight is 406 g/mol. The summed E-state index contributed by atoms with van der Waals surface area (Å²) in [6.45, 7) is 2.58. The van der Waals surface area contributed by atoms with E-state index in [1.54, 1.807) is 18.1 Å². The first kappa shape index (κ1) is 21.7. The Morgan fingerprint density at radius 1 is 1.07 bits per heavy atom. The summed E-state index contributed by atoms with van der Waals surface area (Å²) in [4.78, 5) is 29.0. The summed E-state index contributed by atoms with van der Waals surface area (Å²) in [5, 5.41) is 0. The Labute approximate surface area is 171 Å². The van der Waals surface area contributed by atoms with Crippen LogP contribution in [0, 0.1) is 17.7 Å². The van der Waals surface area contributed by atoms with Crippen LogP contribution >= 0.6 is 0 Å². The summed E-state index contributed by atoms with van der Waals surface area (Å²) in [7, 11) is 3.18. The van der Waals surface area contributed by atoms with Crippen molar-refractivity contribution in [2.24, 2.45) is 11.8 Å². The molecule has 29 heavy (non-hydrogen) atoms. The maximum atomic E-state index is 13.9. The van der Waals surface area contributed by atoms with E-state index < -0.39 is 0 Å². The Balaban J connectivity index is 1.67. The molecule has 3 atom stereocenters. The summed E-state index contributed by atoms with van der Waals surface area (Å²) in [6, 6.07) is 6.22. The lowest BCUT2D eigenvalue weighted by molar-refractivity contribution is -0.137. The Hall–Kier alpha value is -1.99. The number of hydrogen-bond acceptors (Lipinski definition) is 4. The van der Waals surface area contributed by atoms with Gasteiger partial charge in [-0.1, -0.05) is 18.6 Å². The molecule has 2 amide bonds. The number of fused-ring (bicyclic) bond motifs is 1. The number of unbranched alkanes of at least 4 members (excludes halogenated alkanes) is 2. The number of hydrogen-bond donors (Lipinski definition) is 0. The van der Waals surface area contributed by atoms with Crippen LogP contribution in [-0.2, 0) is 19.1 Å². The van der Waals surface area contributed by atoms with Gasteiger partial charge in [0, 0.05) is 58.7 Å². The van der Waals surface area contributed by atoms with E-state index in [2.05, 4.69) is 0 Å². The Kier molecular flexibility index (Phi) is 7.61. The van der Waals surface area contributed by atoms with Crippen LogP contribution in [0.15, 0.2) is 24.3 Å². The molecule has 1 aromatic rings. The number of carbonyl (C=O) groups excluding carboxylic acids is 2. The van der Waals surface area contributed by atoms with Gasteiger partial charge in [-0.3, -0.25) is 9.59 Å². The van der Waals surface area contributed by atoms with Crippen molar-refractivity contribution in [3.63, 3.8) is 0 Å². The van der Waals surface area contributed by atoms with Crippen LogP contribution in [-0.4, -0.2) is 68.7 Å². The van der Waals surface area contributed by atoms with E-state index in [-0.39, 0.29) is 42.1 Å². The average Bonchev–Trinajstić information content (AvgIpc) is 3.26. The number of halogens is 1. The van der Waals surface area contributed by atoms with Crippen LogP contribution in [0.2, 0.25) is 0 Å². The Bertz CT molecular complexity index is 714. The maximum Gasteiger partial charge on any atom is 0.249 e. The number of amides is 2. The Morgan fingerprint density at radius 3 is 2.62 bits per heavy atom. The normalized spacial score (nSPS) is 23.5. The highest BCUT2D eigenvalue weighted by atomic mass is 19.1. The zero-order chi connectivity index (χ0) is 20.8. The number of benzene rings is 1. The third kappa shape index (κ3) is 5.14. The largest absolute Gasteiger partial charge is 0.385 e. The second kappa shape index (κ2) is 10.2. The number of carbonyl (C=O) groups is 2. The molecule has 2 fully saturated rings. The smallest absolute Gasteiger partial charge is 0.249 e. The minimum Gasteiger partial charge on any atom is -0.385 e. The molecule has 2 heterocycles. The number of rotatable bonds is 9. The molecule has 2 aliphatic heterocycles. The van der Waals surface area contributed by atoms with E-state index in [4.69, 9.17) is 9.47 Å². The molecule has 3 rings (SSSR count). The lowest BCUT2D eigenvalue weighted by Gasteiger charge is -2.30. The van der Waals surface area contributed by atoms with Gasteiger partial charge >= 0.3 is 0 Å². The van der Waals surface area contributed by atoms with E-state index >= 15 is 0 Å². The highest BCUT2D eigenvalue weighted by molar-refractivity contribution is 5.79. The molecule has 2 saturated heterocycles. The second-order valence-electron chi connectivity index (χ2n) is 8.01. The van der Waals surface area contributed by atoms with Gasteiger partial charge in [-0.25, -0.2) is 4.39 Å². The minimum atomic E-state index is -0.313. The lowest BCUT2D eigenvalue weighted by Crippen LogP contribution is -2.38. The molecule has 2 aliphatic rings. The van der Waals surface area contributed by atoms with Crippen LogP contribution in [0.1, 0.15) is 37.3 Å². The topological polar surface area (TPSA) is 59.1 Å². The van der Waals surface area contributed by atoms with Gasteiger partial charge in [0.25, 0.3) is 0 Å². The van der Waals surface area contributed by atoms with Crippen molar-refractivity contribution in [2.45, 2.75) is 31.7 Å². The number of nitrogens with zero attached hydrogens (tertiary/aromatic N) is 2. The molecule has 160 valence electrons. The van der Waals surface area contributed by atoms with Gasteiger partial charge in [0.1, 0.15) is 12.4 Å². The molecule has 6 nitrogen and oxygen atoms in total. The van der Waals surface area contributed by atoms with E-state index in [9.17, 15) is 14.0 Å². The summed E-state index contributed by atoms with van der Waals surface area (Å²) in [6.07, 6.45) is 3.35. The van der Waals surface area contributed by atoms with Gasteiger partial charge in [0.05, 0.1) is 6.04 Å². The molecule has 0 spiro atoms. The van der Waals surface area contributed by atoms with E-state index in [0.717, 1.165) is 31.4 Å². The highest BCUT2D eigenvalue weighted by Crippen LogP contribution is 2.45. The molecule has 0 saturated carbocycles. The quantitative estimate of drug-likeness (QED) is 0.592. The Morgan fingerprint density at radius 2 is 1.90 bits per heavy atom. The zero-order valence-corrected chi connectivity index (χ0v) is 17.3. The highest BCUT2D eigenvalue weighted by Gasteiger charge is 2.49. The molecular weight excluding hydrogens is 375 g/mol. The molecule has 0 unspecified atom stereocenters. The fourth-order valence-corrected chi connectivity index (χ4v) is 4.69. The molecule has 0 bridgehead atoms. The molecular formula is C22H31FN2O4. The van der Waals surface area contributed by atoms with Crippen molar-refractivity contribution >= 4 is 11.8 Å². The fourth-order valence-electron chi connectivity index (χ4n) is 4.69. The van der Waals surface area contributed by atoms with E-state index in [1.165, 1.54) is 19.2 Å². The van der Waals surface area contributed by atoms with Crippen LogP contribution in [0.4, 0.5) is 4.39 Å². The minimum absolute atomic E-state index is 0.00930. The third-order valence-corrected chi connectivity index (χ3v) is 6.03. The molecule has 0 radical (unpaired) electrons. The van der Waals surface area contributed by atoms with Gasteiger partial charge in [-0.15, -0.1) is 0 Å². The van der Waals surface area contributed by atoms with Gasteiger partial charge in [-0.2, -0.15) is 0 Å². The summed E-state index contributed by atoms with van der Waals surface area (Å²) in [5.74, 6) is 0.0976. The number of likely N-dealkylation sites (tertiary alicyclic amines) is 2. The van der Waals surface area contributed by atoms with Crippen LogP contribution in [0.3, 0.4) is 0 Å². The predicted molar refractivity (Wildman–Crippen MR) is 107 cm³/mol. The van der Waals surface area contributed by atoms with E-state index in [1.807, 2.05) is 11.0 Å². The predicted octanol–water partition coefficient (Wildman–Crippen LogP) is 2.64. The van der Waals surface area contributed by atoms with Gasteiger partial charge in [-0.05, 0) is 30.5 Å². The molecule has 0 aromatic heterocycles. The van der Waals surface area contributed by atoms with Crippen LogP contribution < -0.4 is 0 Å². The van der Waals surface area contributed by atoms with Crippen molar-refractivity contribution < 1.29 is 23.5 Å².